The molecule has 1 unspecified atom stereocenters. The van der Waals surface area contributed by atoms with E-state index in [0.717, 1.165) is 32.2 Å². The third-order valence-electron chi connectivity index (χ3n) is 3.45. The van der Waals surface area contributed by atoms with Gasteiger partial charge in [0, 0.05) is 31.8 Å². The fraction of sp³-hybridized carbons (Fsp3) is 1.00. The Morgan fingerprint density at radius 1 is 1.19 bits per heavy atom. The van der Waals surface area contributed by atoms with Crippen molar-refractivity contribution < 1.29 is 4.74 Å². The molecule has 1 N–H and O–H groups in total. The van der Waals surface area contributed by atoms with Gasteiger partial charge in [-0.25, -0.2) is 0 Å². The Kier molecular flexibility index (Phi) is 6.32. The number of nitrogens with one attached hydrogen (secondary N) is 1. The van der Waals surface area contributed by atoms with Gasteiger partial charge < -0.3 is 10.1 Å². The molecule has 16 heavy (non-hydrogen) atoms. The molecule has 0 aromatic rings. The largest absolute Gasteiger partial charge is 0.381 e. The summed E-state index contributed by atoms with van der Waals surface area (Å²) in [6.45, 7) is 10.9. The van der Waals surface area contributed by atoms with Crippen molar-refractivity contribution in [3.8, 4) is 0 Å². The Hall–Kier alpha value is -0.120. The Balaban J connectivity index is 2.20. The molecule has 0 radical (unpaired) electrons. The molecular formula is C13H28N2O. The van der Waals surface area contributed by atoms with Crippen molar-refractivity contribution in [3.05, 3.63) is 0 Å². The zero-order valence-electron chi connectivity index (χ0n) is 11.3. The highest BCUT2D eigenvalue weighted by molar-refractivity contribution is 4.77. The standard InChI is InChI=1S/C13H28N2O/c1-11(2)9-14-10-12(3)15(4)13-5-7-16-8-6-13/h11-14H,5-10H2,1-4H3. The van der Waals surface area contributed by atoms with E-state index < -0.39 is 0 Å². The molecule has 96 valence electrons. The molecule has 0 saturated carbocycles. The van der Waals surface area contributed by atoms with Gasteiger partial charge in [-0.05, 0) is 39.3 Å². The van der Waals surface area contributed by atoms with E-state index in [9.17, 15) is 0 Å². The monoisotopic (exact) mass is 228 g/mol. The molecule has 1 aliphatic heterocycles. The first-order chi connectivity index (χ1) is 7.61. The molecule has 0 aromatic carbocycles. The molecule has 0 spiro atoms. The fourth-order valence-electron chi connectivity index (χ4n) is 2.18. The van der Waals surface area contributed by atoms with Gasteiger partial charge in [0.15, 0.2) is 0 Å². The molecule has 0 aromatic heterocycles. The van der Waals surface area contributed by atoms with Gasteiger partial charge in [0.05, 0.1) is 0 Å². The molecule has 1 rings (SSSR count). The van der Waals surface area contributed by atoms with Gasteiger partial charge in [-0.2, -0.15) is 0 Å². The lowest BCUT2D eigenvalue weighted by molar-refractivity contribution is 0.0311. The predicted molar refractivity (Wildman–Crippen MR) is 68.8 cm³/mol. The van der Waals surface area contributed by atoms with Gasteiger partial charge >= 0.3 is 0 Å². The molecule has 0 bridgehead atoms. The van der Waals surface area contributed by atoms with Crippen LogP contribution in [0.1, 0.15) is 33.6 Å². The normalized spacial score (nSPS) is 20.6. The van der Waals surface area contributed by atoms with E-state index in [2.05, 4.69) is 38.0 Å². The lowest BCUT2D eigenvalue weighted by Crippen LogP contribution is -2.46. The van der Waals surface area contributed by atoms with Crippen LogP contribution in [0.2, 0.25) is 0 Å². The number of hydrogen-bond donors (Lipinski definition) is 1. The summed E-state index contributed by atoms with van der Waals surface area (Å²) in [4.78, 5) is 2.51. The predicted octanol–water partition coefficient (Wildman–Crippen LogP) is 1.73. The summed E-state index contributed by atoms with van der Waals surface area (Å²) in [5.74, 6) is 0.737. The minimum Gasteiger partial charge on any atom is -0.381 e. The summed E-state index contributed by atoms with van der Waals surface area (Å²) in [5.41, 5.74) is 0. The van der Waals surface area contributed by atoms with E-state index in [-0.39, 0.29) is 0 Å². The van der Waals surface area contributed by atoms with E-state index in [1.54, 1.807) is 0 Å². The average molecular weight is 228 g/mol. The second-order valence-corrected chi connectivity index (χ2v) is 5.41. The van der Waals surface area contributed by atoms with E-state index in [4.69, 9.17) is 4.74 Å². The quantitative estimate of drug-likeness (QED) is 0.749. The molecular weight excluding hydrogens is 200 g/mol. The minimum absolute atomic E-state index is 0.613. The number of likely N-dealkylation sites (N-methyl/N-ethyl adjacent to an activating group) is 1. The lowest BCUT2D eigenvalue weighted by Gasteiger charge is -2.35. The van der Waals surface area contributed by atoms with Crippen LogP contribution in [0.5, 0.6) is 0 Å². The third kappa shape index (κ3) is 4.81. The highest BCUT2D eigenvalue weighted by atomic mass is 16.5. The maximum atomic E-state index is 5.40. The molecule has 0 aliphatic carbocycles. The van der Waals surface area contributed by atoms with Gasteiger partial charge in [0.1, 0.15) is 0 Å². The Morgan fingerprint density at radius 2 is 1.81 bits per heavy atom. The Labute approximate surface area is 101 Å². The van der Waals surface area contributed by atoms with E-state index in [1.165, 1.54) is 12.8 Å². The summed E-state index contributed by atoms with van der Waals surface area (Å²) in [6, 6.07) is 1.33. The van der Waals surface area contributed by atoms with Crippen molar-refractivity contribution in [2.75, 3.05) is 33.4 Å². The number of hydrogen-bond acceptors (Lipinski definition) is 3. The topological polar surface area (TPSA) is 24.5 Å². The van der Waals surface area contributed by atoms with Gasteiger partial charge in [-0.15, -0.1) is 0 Å². The first-order valence-electron chi connectivity index (χ1n) is 6.61. The van der Waals surface area contributed by atoms with E-state index in [1.807, 2.05) is 0 Å². The highest BCUT2D eigenvalue weighted by Gasteiger charge is 2.21. The van der Waals surface area contributed by atoms with Crippen molar-refractivity contribution in [3.63, 3.8) is 0 Å². The SMILES string of the molecule is CC(C)CNCC(C)N(C)C1CCOCC1. The van der Waals surface area contributed by atoms with Crippen molar-refractivity contribution in [1.29, 1.82) is 0 Å². The average Bonchev–Trinajstić information content (AvgIpc) is 2.28. The minimum atomic E-state index is 0.613. The molecule has 3 heteroatoms. The summed E-state index contributed by atoms with van der Waals surface area (Å²) in [7, 11) is 2.25. The molecule has 1 heterocycles. The van der Waals surface area contributed by atoms with Crippen molar-refractivity contribution in [2.24, 2.45) is 5.92 Å². The molecule has 0 amide bonds. The second kappa shape index (κ2) is 7.25. The van der Waals surface area contributed by atoms with Crippen molar-refractivity contribution in [2.45, 2.75) is 45.7 Å². The van der Waals surface area contributed by atoms with Crippen LogP contribution in [0.15, 0.2) is 0 Å². The third-order valence-corrected chi connectivity index (χ3v) is 3.45. The van der Waals surface area contributed by atoms with E-state index in [0.29, 0.717) is 12.1 Å². The zero-order chi connectivity index (χ0) is 12.0. The molecule has 3 nitrogen and oxygen atoms in total. The molecule has 1 aliphatic rings. The van der Waals surface area contributed by atoms with Gasteiger partial charge in [0.2, 0.25) is 0 Å². The van der Waals surface area contributed by atoms with Gasteiger partial charge in [-0.3, -0.25) is 4.90 Å². The van der Waals surface area contributed by atoms with Crippen LogP contribution in [-0.4, -0.2) is 50.3 Å². The van der Waals surface area contributed by atoms with Crippen molar-refractivity contribution >= 4 is 0 Å². The van der Waals surface area contributed by atoms with Crippen LogP contribution < -0.4 is 5.32 Å². The summed E-state index contributed by atoms with van der Waals surface area (Å²) in [5, 5.41) is 3.53. The van der Waals surface area contributed by atoms with Crippen LogP contribution in [0.3, 0.4) is 0 Å². The lowest BCUT2D eigenvalue weighted by atomic mass is 10.1. The molecule has 1 atom stereocenters. The van der Waals surface area contributed by atoms with Crippen LogP contribution in [0.25, 0.3) is 0 Å². The second-order valence-electron chi connectivity index (χ2n) is 5.41. The summed E-state index contributed by atoms with van der Waals surface area (Å²) in [6.07, 6.45) is 2.37. The maximum Gasteiger partial charge on any atom is 0.0480 e. The number of ether oxygens (including phenoxy) is 1. The fourth-order valence-corrected chi connectivity index (χ4v) is 2.18. The molecule has 1 saturated heterocycles. The summed E-state index contributed by atoms with van der Waals surface area (Å²) >= 11 is 0. The maximum absolute atomic E-state index is 5.40. The van der Waals surface area contributed by atoms with Gasteiger partial charge in [0.25, 0.3) is 0 Å². The number of rotatable bonds is 6. The number of nitrogens with zero attached hydrogens (tertiary/aromatic N) is 1. The highest BCUT2D eigenvalue weighted by Crippen LogP contribution is 2.14. The van der Waals surface area contributed by atoms with E-state index >= 15 is 0 Å². The Morgan fingerprint density at radius 3 is 2.38 bits per heavy atom. The molecule has 1 fully saturated rings. The zero-order valence-corrected chi connectivity index (χ0v) is 11.3. The van der Waals surface area contributed by atoms with Gasteiger partial charge in [-0.1, -0.05) is 13.8 Å². The van der Waals surface area contributed by atoms with Crippen LogP contribution in [0.4, 0.5) is 0 Å². The van der Waals surface area contributed by atoms with Crippen LogP contribution >= 0.6 is 0 Å². The Bertz CT molecular complexity index is 179. The van der Waals surface area contributed by atoms with Crippen LogP contribution in [0, 0.1) is 5.92 Å². The first kappa shape index (κ1) is 13.9. The van der Waals surface area contributed by atoms with Crippen LogP contribution in [-0.2, 0) is 4.74 Å². The summed E-state index contributed by atoms with van der Waals surface area (Å²) < 4.78 is 5.40. The first-order valence-corrected chi connectivity index (χ1v) is 6.61. The van der Waals surface area contributed by atoms with Crippen molar-refractivity contribution in [1.82, 2.24) is 10.2 Å². The smallest absolute Gasteiger partial charge is 0.0480 e.